The molecule has 0 saturated carbocycles. The SMILES string of the molecule is N#CC(Nc1ccc(Cl)c(Br)c1)c1cc(Br)cs1. The van der Waals surface area contributed by atoms with Crippen LogP contribution in [0.3, 0.4) is 0 Å². The number of nitriles is 1. The van der Waals surface area contributed by atoms with Crippen molar-refractivity contribution in [3.05, 3.63) is 48.5 Å². The van der Waals surface area contributed by atoms with Crippen LogP contribution in [0.1, 0.15) is 10.9 Å². The van der Waals surface area contributed by atoms with E-state index in [0.29, 0.717) is 5.02 Å². The first kappa shape index (κ1) is 13.9. The van der Waals surface area contributed by atoms with Crippen molar-refractivity contribution >= 4 is 60.5 Å². The summed E-state index contributed by atoms with van der Waals surface area (Å²) in [5.74, 6) is 0. The van der Waals surface area contributed by atoms with Gasteiger partial charge >= 0.3 is 0 Å². The van der Waals surface area contributed by atoms with E-state index < -0.39 is 0 Å². The zero-order chi connectivity index (χ0) is 13.1. The van der Waals surface area contributed by atoms with Gasteiger partial charge in [-0.05, 0) is 56.1 Å². The molecule has 0 aliphatic carbocycles. The minimum atomic E-state index is -0.366. The Kier molecular flexibility index (Phi) is 4.68. The van der Waals surface area contributed by atoms with E-state index in [2.05, 4.69) is 43.2 Å². The second-order valence-corrected chi connectivity index (χ2v) is 6.62. The van der Waals surface area contributed by atoms with Gasteiger partial charge in [0.1, 0.15) is 6.04 Å². The molecule has 0 aliphatic heterocycles. The molecule has 0 bridgehead atoms. The molecule has 1 atom stereocenters. The van der Waals surface area contributed by atoms with Crippen LogP contribution in [0, 0.1) is 11.3 Å². The van der Waals surface area contributed by atoms with Crippen LogP contribution in [0.2, 0.25) is 5.02 Å². The number of thiophene rings is 1. The van der Waals surface area contributed by atoms with Crippen molar-refractivity contribution in [3.63, 3.8) is 0 Å². The summed E-state index contributed by atoms with van der Waals surface area (Å²) in [6.45, 7) is 0. The lowest BCUT2D eigenvalue weighted by Crippen LogP contribution is -2.06. The van der Waals surface area contributed by atoms with Gasteiger partial charge in [0.2, 0.25) is 0 Å². The first-order valence-corrected chi connectivity index (χ1v) is 7.79. The summed E-state index contributed by atoms with van der Waals surface area (Å²) in [5, 5.41) is 15.0. The quantitative estimate of drug-likeness (QED) is 0.720. The van der Waals surface area contributed by atoms with Gasteiger partial charge in [-0.3, -0.25) is 0 Å². The third-order valence-corrected chi connectivity index (χ3v) is 5.20. The molecule has 0 amide bonds. The Labute approximate surface area is 131 Å². The Morgan fingerprint density at radius 2 is 2.11 bits per heavy atom. The first-order chi connectivity index (χ1) is 8.60. The van der Waals surface area contributed by atoms with Crippen LogP contribution in [-0.2, 0) is 0 Å². The molecule has 18 heavy (non-hydrogen) atoms. The highest BCUT2D eigenvalue weighted by molar-refractivity contribution is 9.10. The van der Waals surface area contributed by atoms with Gasteiger partial charge in [0, 0.05) is 24.9 Å². The minimum Gasteiger partial charge on any atom is -0.366 e. The molecule has 1 aromatic heterocycles. The molecule has 1 heterocycles. The predicted molar refractivity (Wildman–Crippen MR) is 83.1 cm³/mol. The third kappa shape index (κ3) is 3.27. The summed E-state index contributed by atoms with van der Waals surface area (Å²) in [6.07, 6.45) is 0. The average Bonchev–Trinajstić information content (AvgIpc) is 2.77. The largest absolute Gasteiger partial charge is 0.366 e. The molecule has 92 valence electrons. The molecule has 1 aromatic carbocycles. The fourth-order valence-electron chi connectivity index (χ4n) is 1.40. The van der Waals surface area contributed by atoms with E-state index in [0.717, 1.165) is 19.5 Å². The van der Waals surface area contributed by atoms with Gasteiger partial charge in [0.05, 0.1) is 11.1 Å². The van der Waals surface area contributed by atoms with Crippen LogP contribution < -0.4 is 5.32 Å². The fraction of sp³-hybridized carbons (Fsp3) is 0.0833. The maximum absolute atomic E-state index is 9.22. The van der Waals surface area contributed by atoms with Gasteiger partial charge in [0.15, 0.2) is 0 Å². The predicted octanol–water partition coefficient (Wildman–Crippen LogP) is 5.60. The van der Waals surface area contributed by atoms with E-state index in [-0.39, 0.29) is 6.04 Å². The third-order valence-electron chi connectivity index (χ3n) is 2.23. The summed E-state index contributed by atoms with van der Waals surface area (Å²) >= 11 is 14.2. The van der Waals surface area contributed by atoms with E-state index >= 15 is 0 Å². The van der Waals surface area contributed by atoms with Gasteiger partial charge in [-0.1, -0.05) is 11.6 Å². The standard InChI is InChI=1S/C12H7Br2ClN2S/c13-7-3-12(18-6-7)11(5-16)17-8-1-2-10(15)9(14)4-8/h1-4,6,11,17H. The zero-order valence-corrected chi connectivity index (χ0v) is 13.7. The van der Waals surface area contributed by atoms with Crippen molar-refractivity contribution in [1.29, 1.82) is 5.26 Å². The molecule has 6 heteroatoms. The van der Waals surface area contributed by atoms with Crippen LogP contribution in [0.25, 0.3) is 0 Å². The second kappa shape index (κ2) is 6.07. The number of benzene rings is 1. The van der Waals surface area contributed by atoms with E-state index in [1.165, 1.54) is 11.3 Å². The summed E-state index contributed by atoms with van der Waals surface area (Å²) in [7, 11) is 0. The fourth-order valence-corrected chi connectivity index (χ4v) is 3.33. The second-order valence-electron chi connectivity index (χ2n) is 3.50. The number of anilines is 1. The smallest absolute Gasteiger partial charge is 0.149 e. The maximum Gasteiger partial charge on any atom is 0.149 e. The van der Waals surface area contributed by atoms with Gasteiger partial charge in [0.25, 0.3) is 0 Å². The molecule has 1 N–H and O–H groups in total. The van der Waals surface area contributed by atoms with Gasteiger partial charge in [-0.25, -0.2) is 0 Å². The minimum absolute atomic E-state index is 0.366. The number of halogens is 3. The van der Waals surface area contributed by atoms with Crippen molar-refractivity contribution in [1.82, 2.24) is 0 Å². The lowest BCUT2D eigenvalue weighted by Gasteiger charge is -2.11. The molecular weight excluding hydrogens is 399 g/mol. The van der Waals surface area contributed by atoms with E-state index in [1.54, 1.807) is 6.07 Å². The Bertz CT molecular complexity index is 606. The number of nitrogens with zero attached hydrogens (tertiary/aromatic N) is 1. The van der Waals surface area contributed by atoms with Gasteiger partial charge < -0.3 is 5.32 Å². The Hall–Kier alpha value is -0.540. The summed E-state index contributed by atoms with van der Waals surface area (Å²) in [6, 6.07) is 9.31. The van der Waals surface area contributed by atoms with Crippen molar-refractivity contribution in [2.45, 2.75) is 6.04 Å². The van der Waals surface area contributed by atoms with Crippen LogP contribution >= 0.6 is 54.8 Å². The average molecular weight is 407 g/mol. The zero-order valence-electron chi connectivity index (χ0n) is 8.95. The molecule has 1 unspecified atom stereocenters. The van der Waals surface area contributed by atoms with Crippen molar-refractivity contribution < 1.29 is 0 Å². The lowest BCUT2D eigenvalue weighted by molar-refractivity contribution is 1.03. The molecular formula is C12H7Br2ClN2S. The monoisotopic (exact) mass is 404 g/mol. The first-order valence-electron chi connectivity index (χ1n) is 4.95. The van der Waals surface area contributed by atoms with Crippen LogP contribution in [0.4, 0.5) is 5.69 Å². The molecule has 0 saturated heterocycles. The van der Waals surface area contributed by atoms with Crippen molar-refractivity contribution in [2.75, 3.05) is 5.32 Å². The maximum atomic E-state index is 9.22. The molecule has 0 spiro atoms. The molecule has 0 aliphatic rings. The number of nitrogens with one attached hydrogen (secondary N) is 1. The van der Waals surface area contributed by atoms with Gasteiger partial charge in [-0.2, -0.15) is 5.26 Å². The molecule has 2 nitrogen and oxygen atoms in total. The highest BCUT2D eigenvalue weighted by atomic mass is 79.9. The number of hydrogen-bond acceptors (Lipinski definition) is 3. The Balaban J connectivity index is 2.21. The summed E-state index contributed by atoms with van der Waals surface area (Å²) < 4.78 is 1.79. The van der Waals surface area contributed by atoms with E-state index in [9.17, 15) is 5.26 Å². The van der Waals surface area contributed by atoms with E-state index in [4.69, 9.17) is 11.6 Å². The van der Waals surface area contributed by atoms with Crippen molar-refractivity contribution in [2.24, 2.45) is 0 Å². The topological polar surface area (TPSA) is 35.8 Å². The summed E-state index contributed by atoms with van der Waals surface area (Å²) in [4.78, 5) is 0.968. The van der Waals surface area contributed by atoms with Crippen LogP contribution in [-0.4, -0.2) is 0 Å². The van der Waals surface area contributed by atoms with Crippen molar-refractivity contribution in [3.8, 4) is 6.07 Å². The normalized spacial score (nSPS) is 11.9. The molecule has 2 rings (SSSR count). The number of hydrogen-bond donors (Lipinski definition) is 1. The lowest BCUT2D eigenvalue weighted by atomic mass is 10.2. The van der Waals surface area contributed by atoms with Crippen LogP contribution in [0.5, 0.6) is 0 Å². The Morgan fingerprint density at radius 3 is 2.67 bits per heavy atom. The highest BCUT2D eigenvalue weighted by Gasteiger charge is 2.13. The highest BCUT2D eigenvalue weighted by Crippen LogP contribution is 2.30. The Morgan fingerprint density at radius 1 is 1.33 bits per heavy atom. The van der Waals surface area contributed by atoms with Gasteiger partial charge in [-0.15, -0.1) is 11.3 Å². The molecule has 0 radical (unpaired) electrons. The molecule has 2 aromatic rings. The summed E-state index contributed by atoms with van der Waals surface area (Å²) in [5.41, 5.74) is 0.849. The van der Waals surface area contributed by atoms with E-state index in [1.807, 2.05) is 23.6 Å². The number of rotatable bonds is 3. The van der Waals surface area contributed by atoms with Crippen LogP contribution in [0.15, 0.2) is 38.6 Å². The molecule has 0 fully saturated rings.